The van der Waals surface area contributed by atoms with E-state index in [1.807, 2.05) is 30.2 Å². The predicted octanol–water partition coefficient (Wildman–Crippen LogP) is 1.33. The van der Waals surface area contributed by atoms with Crippen molar-refractivity contribution in [2.75, 3.05) is 39.0 Å². The van der Waals surface area contributed by atoms with Crippen LogP contribution in [0.1, 0.15) is 31.4 Å². The molecule has 2 aromatic rings. The second kappa shape index (κ2) is 8.50. The summed E-state index contributed by atoms with van der Waals surface area (Å²) in [4.78, 5) is 19.1. The molecule has 4 heterocycles. The number of aryl methyl sites for hydroxylation is 1. The summed E-state index contributed by atoms with van der Waals surface area (Å²) in [6.45, 7) is 4.85. The van der Waals surface area contributed by atoms with Gasteiger partial charge in [-0.25, -0.2) is 22.2 Å². The third-order valence-corrected chi connectivity index (χ3v) is 7.38. The van der Waals surface area contributed by atoms with Gasteiger partial charge >= 0.3 is 0 Å². The average Bonchev–Trinajstić information content (AvgIpc) is 3.11. The first kappa shape index (κ1) is 21.0. The van der Waals surface area contributed by atoms with Gasteiger partial charge in [0.25, 0.3) is 0 Å². The molecule has 9 nitrogen and oxygen atoms in total. The van der Waals surface area contributed by atoms with E-state index in [-0.39, 0.29) is 11.8 Å². The number of hydrogen-bond acceptors (Lipinski definition) is 6. The van der Waals surface area contributed by atoms with Gasteiger partial charge in [0.2, 0.25) is 21.8 Å². The number of carbonyl (C=O) groups excluding carboxylic acids is 1. The maximum Gasteiger partial charge on any atom is 0.231 e. The molecule has 0 radical (unpaired) electrons. The predicted molar refractivity (Wildman–Crippen MR) is 112 cm³/mol. The van der Waals surface area contributed by atoms with Gasteiger partial charge in [-0.1, -0.05) is 0 Å². The lowest BCUT2D eigenvalue weighted by Gasteiger charge is -2.36. The highest BCUT2D eigenvalue weighted by atomic mass is 32.2. The maximum absolute atomic E-state index is 12.8. The Hall–Kier alpha value is -2.20. The molecule has 4 rings (SSSR count). The number of ether oxygens (including phenoxy) is 1. The van der Waals surface area contributed by atoms with Crippen LogP contribution >= 0.6 is 0 Å². The minimum atomic E-state index is -3.16. The molecule has 1 amide bonds. The van der Waals surface area contributed by atoms with Crippen molar-refractivity contribution in [2.45, 2.75) is 32.6 Å². The number of carbonyl (C=O) groups is 1. The first-order chi connectivity index (χ1) is 14.3. The molecule has 0 aromatic carbocycles. The van der Waals surface area contributed by atoms with Gasteiger partial charge in [-0.2, -0.15) is 0 Å². The number of rotatable bonds is 5. The van der Waals surface area contributed by atoms with Crippen molar-refractivity contribution < 1.29 is 17.9 Å². The number of aromatic nitrogens is 3. The van der Waals surface area contributed by atoms with Crippen molar-refractivity contribution in [1.82, 2.24) is 23.8 Å². The molecule has 30 heavy (non-hydrogen) atoms. The molecule has 2 aliphatic heterocycles. The van der Waals surface area contributed by atoms with E-state index in [9.17, 15) is 13.2 Å². The molecule has 2 fully saturated rings. The Bertz CT molecular complexity index is 1010. The normalized spacial score (nSPS) is 20.0. The van der Waals surface area contributed by atoms with Crippen molar-refractivity contribution >= 4 is 21.6 Å². The van der Waals surface area contributed by atoms with Crippen LogP contribution < -0.4 is 4.74 Å². The molecule has 10 heteroatoms. The van der Waals surface area contributed by atoms with Crippen molar-refractivity contribution in [3.63, 3.8) is 0 Å². The van der Waals surface area contributed by atoms with Crippen LogP contribution in [0.15, 0.2) is 18.3 Å². The highest BCUT2D eigenvalue weighted by molar-refractivity contribution is 7.88. The quantitative estimate of drug-likeness (QED) is 0.703. The monoisotopic (exact) mass is 435 g/mol. The molecule has 0 aliphatic carbocycles. The lowest BCUT2D eigenvalue weighted by atomic mass is 9.93. The second-order valence-corrected chi connectivity index (χ2v) is 10.4. The molecule has 0 spiro atoms. The van der Waals surface area contributed by atoms with E-state index in [1.54, 1.807) is 4.52 Å². The average molecular weight is 436 g/mol. The van der Waals surface area contributed by atoms with E-state index in [0.717, 1.165) is 37.3 Å². The molecule has 164 valence electrons. The Morgan fingerprint density at radius 3 is 2.50 bits per heavy atom. The van der Waals surface area contributed by atoms with Gasteiger partial charge in [-0.05, 0) is 44.6 Å². The zero-order chi connectivity index (χ0) is 21.3. The first-order valence-electron chi connectivity index (χ1n) is 10.5. The van der Waals surface area contributed by atoms with Crippen LogP contribution in [0, 0.1) is 18.8 Å². The topological polar surface area (TPSA) is 97.1 Å². The highest BCUT2D eigenvalue weighted by Crippen LogP contribution is 2.25. The number of fused-ring (bicyclic) bond motifs is 1. The lowest BCUT2D eigenvalue weighted by molar-refractivity contribution is -0.138. The summed E-state index contributed by atoms with van der Waals surface area (Å²) in [6, 6.07) is 3.73. The number of likely N-dealkylation sites (tertiary alicyclic amines) is 1. The third-order valence-electron chi connectivity index (χ3n) is 6.08. The Morgan fingerprint density at radius 2 is 1.83 bits per heavy atom. The van der Waals surface area contributed by atoms with Gasteiger partial charge < -0.3 is 9.64 Å². The van der Waals surface area contributed by atoms with Gasteiger partial charge in [-0.3, -0.25) is 4.79 Å². The van der Waals surface area contributed by atoms with E-state index in [4.69, 9.17) is 4.74 Å². The molecule has 0 atom stereocenters. The summed E-state index contributed by atoms with van der Waals surface area (Å²) in [5, 5.41) is 4.43. The van der Waals surface area contributed by atoms with Crippen molar-refractivity contribution in [2.24, 2.45) is 11.8 Å². The smallest absolute Gasteiger partial charge is 0.231 e. The van der Waals surface area contributed by atoms with Gasteiger partial charge in [0.05, 0.1) is 24.8 Å². The van der Waals surface area contributed by atoms with Crippen molar-refractivity contribution in [3.8, 4) is 5.88 Å². The van der Waals surface area contributed by atoms with Crippen LogP contribution in [0.5, 0.6) is 5.88 Å². The van der Waals surface area contributed by atoms with Crippen molar-refractivity contribution in [1.29, 1.82) is 0 Å². The minimum absolute atomic E-state index is 0.0645. The van der Waals surface area contributed by atoms with E-state index in [1.165, 1.54) is 10.6 Å². The molecular formula is C20H29N5O4S. The number of nitrogens with zero attached hydrogens (tertiary/aromatic N) is 5. The summed E-state index contributed by atoms with van der Waals surface area (Å²) < 4.78 is 32.4. The molecule has 2 aromatic heterocycles. The fourth-order valence-corrected chi connectivity index (χ4v) is 5.15. The van der Waals surface area contributed by atoms with Gasteiger partial charge in [0.1, 0.15) is 0 Å². The molecular weight excluding hydrogens is 406 g/mol. The summed E-state index contributed by atoms with van der Waals surface area (Å²) in [7, 11) is -3.16. The van der Waals surface area contributed by atoms with E-state index < -0.39 is 10.0 Å². The van der Waals surface area contributed by atoms with Gasteiger partial charge in [0, 0.05) is 38.2 Å². The molecule has 0 bridgehead atoms. The van der Waals surface area contributed by atoms with Crippen LogP contribution in [0.4, 0.5) is 0 Å². The van der Waals surface area contributed by atoms with Gasteiger partial charge in [0.15, 0.2) is 5.65 Å². The fraction of sp³-hybridized carbons (Fsp3) is 0.650. The largest absolute Gasteiger partial charge is 0.476 e. The van der Waals surface area contributed by atoms with Crippen LogP contribution in [0.25, 0.3) is 5.65 Å². The van der Waals surface area contributed by atoms with E-state index in [0.29, 0.717) is 44.3 Å². The summed E-state index contributed by atoms with van der Waals surface area (Å²) in [5.74, 6) is 1.08. The lowest BCUT2D eigenvalue weighted by Crippen LogP contribution is -2.46. The summed E-state index contributed by atoms with van der Waals surface area (Å²) >= 11 is 0. The number of sulfonamides is 1. The fourth-order valence-electron chi connectivity index (χ4n) is 4.28. The Morgan fingerprint density at radius 1 is 1.13 bits per heavy atom. The molecule has 2 aliphatic rings. The number of piperidine rings is 2. The van der Waals surface area contributed by atoms with Crippen LogP contribution in [-0.2, 0) is 14.8 Å². The third kappa shape index (κ3) is 4.75. The number of imidazole rings is 1. The molecule has 0 N–H and O–H groups in total. The summed E-state index contributed by atoms with van der Waals surface area (Å²) in [6.07, 6.45) is 6.12. The highest BCUT2D eigenvalue weighted by Gasteiger charge is 2.33. The zero-order valence-electron chi connectivity index (χ0n) is 17.5. The Balaban J connectivity index is 1.23. The van der Waals surface area contributed by atoms with E-state index >= 15 is 0 Å². The maximum atomic E-state index is 12.8. The Labute approximate surface area is 177 Å². The summed E-state index contributed by atoms with van der Waals surface area (Å²) in [5.41, 5.74) is 1.72. The molecule has 2 saturated heterocycles. The SMILES string of the molecule is Cc1cn2nc(OCC3CCN(C(=O)C4CCN(S(C)(=O)=O)CC4)CC3)ccc2n1. The van der Waals surface area contributed by atoms with E-state index in [2.05, 4.69) is 10.1 Å². The molecule has 0 unspecified atom stereocenters. The second-order valence-electron chi connectivity index (χ2n) is 8.37. The van der Waals surface area contributed by atoms with Crippen molar-refractivity contribution in [3.05, 3.63) is 24.0 Å². The Kier molecular flexibility index (Phi) is 5.97. The molecule has 0 saturated carbocycles. The van der Waals surface area contributed by atoms with Crippen LogP contribution in [-0.4, -0.2) is 77.2 Å². The van der Waals surface area contributed by atoms with Crippen LogP contribution in [0.2, 0.25) is 0 Å². The number of amides is 1. The minimum Gasteiger partial charge on any atom is -0.476 e. The standard InChI is InChI=1S/C20H29N5O4S/c1-15-13-25-18(21-15)3-4-19(22-25)29-14-16-5-9-23(10-6-16)20(26)17-7-11-24(12-8-17)30(2,27)28/h3-4,13,16-17H,5-12,14H2,1-2H3. The van der Waals surface area contributed by atoms with Gasteiger partial charge in [-0.15, -0.1) is 5.10 Å². The first-order valence-corrected chi connectivity index (χ1v) is 12.3. The van der Waals surface area contributed by atoms with Crippen LogP contribution in [0.3, 0.4) is 0 Å². The number of hydrogen-bond donors (Lipinski definition) is 0. The zero-order valence-corrected chi connectivity index (χ0v) is 18.3.